The third kappa shape index (κ3) is 5.90. The summed E-state index contributed by atoms with van der Waals surface area (Å²) in [6.45, 7) is 27.6. The molecule has 0 N–H and O–H groups in total. The molecule has 9 atom stereocenters. The monoisotopic (exact) mass is 556 g/mol. The van der Waals surface area contributed by atoms with E-state index < -0.39 is 8.32 Å². The third-order valence-electron chi connectivity index (χ3n) is 12.8. The van der Waals surface area contributed by atoms with Crippen molar-refractivity contribution < 1.29 is 14.0 Å². The van der Waals surface area contributed by atoms with Crippen LogP contribution in [-0.4, -0.2) is 26.5 Å². The highest BCUT2D eigenvalue weighted by Crippen LogP contribution is 2.67. The Morgan fingerprint density at radius 2 is 1.77 bits per heavy atom. The van der Waals surface area contributed by atoms with Crippen molar-refractivity contribution in [1.29, 1.82) is 0 Å². The zero-order valence-corrected chi connectivity index (χ0v) is 28.1. The van der Waals surface area contributed by atoms with Gasteiger partial charge in [-0.2, -0.15) is 0 Å². The molecule has 4 rings (SSSR count). The van der Waals surface area contributed by atoms with Gasteiger partial charge in [-0.3, -0.25) is 4.79 Å². The lowest BCUT2D eigenvalue weighted by Crippen LogP contribution is -2.51. The van der Waals surface area contributed by atoms with Crippen molar-refractivity contribution >= 4 is 14.3 Å². The molecule has 39 heavy (non-hydrogen) atoms. The fraction of sp³-hybridized carbons (Fsp3) is 0.857. The van der Waals surface area contributed by atoms with Gasteiger partial charge in [-0.15, -0.1) is 0 Å². The van der Waals surface area contributed by atoms with E-state index in [2.05, 4.69) is 74.2 Å². The van der Waals surface area contributed by atoms with Gasteiger partial charge in [-0.1, -0.05) is 65.3 Å². The number of allylic oxidation sites excluding steroid dienone is 1. The first-order valence-electron chi connectivity index (χ1n) is 16.2. The largest absolute Gasteiger partial charge is 0.462 e. The Morgan fingerprint density at radius 3 is 2.38 bits per heavy atom. The van der Waals surface area contributed by atoms with Crippen molar-refractivity contribution in [2.75, 3.05) is 0 Å². The average Bonchev–Trinajstić information content (AvgIpc) is 3.18. The van der Waals surface area contributed by atoms with Crippen molar-refractivity contribution in [2.24, 2.45) is 40.4 Å². The molecule has 3 saturated carbocycles. The molecule has 4 aliphatic carbocycles. The maximum absolute atomic E-state index is 11.6. The lowest BCUT2D eigenvalue weighted by Gasteiger charge is -2.58. The molecule has 0 radical (unpaired) electrons. The Bertz CT molecular complexity index is 959. The predicted octanol–water partition coefficient (Wildman–Crippen LogP) is 9.88. The number of fused-ring (bicyclic) bond motifs is 5. The van der Waals surface area contributed by atoms with E-state index in [1.54, 1.807) is 12.5 Å². The van der Waals surface area contributed by atoms with Crippen LogP contribution in [0.3, 0.4) is 0 Å². The minimum absolute atomic E-state index is 0.0904. The molecule has 3 nitrogen and oxygen atoms in total. The molecule has 0 aliphatic heterocycles. The van der Waals surface area contributed by atoms with Gasteiger partial charge in [0.05, 0.1) is 6.10 Å². The summed E-state index contributed by atoms with van der Waals surface area (Å²) >= 11 is 0. The van der Waals surface area contributed by atoms with Crippen LogP contribution in [-0.2, 0) is 14.0 Å². The van der Waals surface area contributed by atoms with Gasteiger partial charge in [-0.25, -0.2) is 0 Å². The number of rotatable bonds is 8. The minimum atomic E-state index is -1.82. The van der Waals surface area contributed by atoms with Crippen molar-refractivity contribution in [2.45, 2.75) is 150 Å². The molecule has 0 aromatic rings. The Balaban J connectivity index is 1.43. The summed E-state index contributed by atoms with van der Waals surface area (Å²) < 4.78 is 12.5. The highest BCUT2D eigenvalue weighted by Gasteiger charge is 2.59. The van der Waals surface area contributed by atoms with Gasteiger partial charge in [0, 0.05) is 13.3 Å². The first kappa shape index (κ1) is 31.1. The normalized spacial score (nSPS) is 38.1. The molecule has 0 spiro atoms. The van der Waals surface area contributed by atoms with Crippen LogP contribution in [0.1, 0.15) is 120 Å². The molecule has 0 amide bonds. The quantitative estimate of drug-likeness (QED) is 0.169. The zero-order chi connectivity index (χ0) is 29.0. The molecule has 222 valence electrons. The topological polar surface area (TPSA) is 35.5 Å². The second-order valence-corrected chi connectivity index (χ2v) is 21.0. The number of esters is 1. The number of hydrogen-bond donors (Lipinski definition) is 0. The SMILES string of the molecule is C=C(C)[C@@H](CC[C@@H](C)[C@H]1CC[C@H]2[C@@H]3CC=C4C[C@@H](OC(C)=O)CC[C@]4(C)[C@H]3CC[C@]12C)O[Si](C)(C)C(C)(C)C. The fourth-order valence-electron chi connectivity index (χ4n) is 9.49. The van der Waals surface area contributed by atoms with E-state index in [0.29, 0.717) is 10.8 Å². The van der Waals surface area contributed by atoms with Crippen LogP contribution in [0.4, 0.5) is 0 Å². The molecular formula is C35H60O3Si. The minimum Gasteiger partial charge on any atom is -0.462 e. The highest BCUT2D eigenvalue weighted by atomic mass is 28.4. The summed E-state index contributed by atoms with van der Waals surface area (Å²) in [6.07, 6.45) is 15.2. The molecule has 0 unspecified atom stereocenters. The predicted molar refractivity (Wildman–Crippen MR) is 166 cm³/mol. The van der Waals surface area contributed by atoms with Gasteiger partial charge in [0.1, 0.15) is 6.10 Å². The number of hydrogen-bond acceptors (Lipinski definition) is 3. The number of carbonyl (C=O) groups excluding carboxylic acids is 1. The zero-order valence-electron chi connectivity index (χ0n) is 27.1. The summed E-state index contributed by atoms with van der Waals surface area (Å²) in [6, 6.07) is 0. The summed E-state index contributed by atoms with van der Waals surface area (Å²) in [7, 11) is -1.82. The third-order valence-corrected chi connectivity index (χ3v) is 17.3. The summed E-state index contributed by atoms with van der Waals surface area (Å²) in [5.74, 6) is 3.90. The average molecular weight is 557 g/mol. The van der Waals surface area contributed by atoms with Gasteiger partial charge in [0.2, 0.25) is 0 Å². The molecule has 0 bridgehead atoms. The standard InChI is InChI=1S/C35H60O3Si/c1-23(2)32(38-39(10,11)33(5,6)7)17-12-24(3)29-15-16-30-28-14-13-26-22-27(37-25(4)36)18-20-34(26,8)31(28)19-21-35(29,30)9/h13,24,27-32H,1,12,14-22H2,2-11H3/t24-,27+,28+,29-,30+,31+,32-,34+,35-/m1/s1. The molecule has 4 heteroatoms. The van der Waals surface area contributed by atoms with Crippen LogP contribution in [0.15, 0.2) is 23.8 Å². The van der Waals surface area contributed by atoms with Crippen LogP contribution in [0.2, 0.25) is 18.1 Å². The number of ether oxygens (including phenoxy) is 1. The van der Waals surface area contributed by atoms with Crippen LogP contribution in [0.5, 0.6) is 0 Å². The highest BCUT2D eigenvalue weighted by molar-refractivity contribution is 6.74. The molecule has 0 saturated heterocycles. The number of carbonyl (C=O) groups is 1. The van der Waals surface area contributed by atoms with E-state index in [4.69, 9.17) is 9.16 Å². The lowest BCUT2D eigenvalue weighted by atomic mass is 9.47. The molecule has 4 aliphatic rings. The van der Waals surface area contributed by atoms with E-state index in [1.807, 2.05) is 0 Å². The van der Waals surface area contributed by atoms with E-state index in [1.165, 1.54) is 50.5 Å². The Kier molecular flexibility index (Phi) is 8.83. The second-order valence-electron chi connectivity index (χ2n) is 16.2. The van der Waals surface area contributed by atoms with E-state index >= 15 is 0 Å². The Hall–Kier alpha value is -0.873. The van der Waals surface area contributed by atoms with Crippen molar-refractivity contribution in [1.82, 2.24) is 0 Å². The van der Waals surface area contributed by atoms with Crippen LogP contribution < -0.4 is 0 Å². The maximum atomic E-state index is 11.6. The summed E-state index contributed by atoms with van der Waals surface area (Å²) in [5.41, 5.74) is 3.57. The smallest absolute Gasteiger partial charge is 0.302 e. The summed E-state index contributed by atoms with van der Waals surface area (Å²) in [5, 5.41) is 0.224. The Labute approximate surface area is 242 Å². The van der Waals surface area contributed by atoms with Gasteiger partial charge < -0.3 is 9.16 Å². The molecule has 0 heterocycles. The molecule has 3 fully saturated rings. The molecular weight excluding hydrogens is 496 g/mol. The van der Waals surface area contributed by atoms with E-state index in [9.17, 15) is 4.79 Å². The Morgan fingerprint density at radius 1 is 1.08 bits per heavy atom. The van der Waals surface area contributed by atoms with Crippen molar-refractivity contribution in [3.8, 4) is 0 Å². The van der Waals surface area contributed by atoms with Crippen molar-refractivity contribution in [3.05, 3.63) is 23.8 Å². The first-order chi connectivity index (χ1) is 18.0. The fourth-order valence-corrected chi connectivity index (χ4v) is 10.9. The van der Waals surface area contributed by atoms with Gasteiger partial charge in [0.25, 0.3) is 0 Å². The van der Waals surface area contributed by atoms with Crippen LogP contribution in [0, 0.1) is 40.4 Å². The van der Waals surface area contributed by atoms with E-state index in [0.717, 1.165) is 48.9 Å². The molecule has 0 aromatic heterocycles. The van der Waals surface area contributed by atoms with Crippen molar-refractivity contribution in [3.63, 3.8) is 0 Å². The first-order valence-corrected chi connectivity index (χ1v) is 19.1. The second kappa shape index (κ2) is 11.1. The molecule has 0 aromatic carbocycles. The van der Waals surface area contributed by atoms with Gasteiger partial charge >= 0.3 is 5.97 Å². The maximum Gasteiger partial charge on any atom is 0.302 e. The lowest BCUT2D eigenvalue weighted by molar-refractivity contribution is -0.148. The van der Waals surface area contributed by atoms with Crippen LogP contribution >= 0.6 is 0 Å². The van der Waals surface area contributed by atoms with E-state index in [-0.39, 0.29) is 23.2 Å². The van der Waals surface area contributed by atoms with Crippen LogP contribution in [0.25, 0.3) is 0 Å². The van der Waals surface area contributed by atoms with Gasteiger partial charge in [0.15, 0.2) is 8.32 Å². The van der Waals surface area contributed by atoms with Gasteiger partial charge in [-0.05, 0) is 123 Å². The summed E-state index contributed by atoms with van der Waals surface area (Å²) in [4.78, 5) is 11.6.